The van der Waals surface area contributed by atoms with E-state index in [1.54, 1.807) is 6.20 Å². The van der Waals surface area contributed by atoms with Gasteiger partial charge in [-0.3, -0.25) is 0 Å². The molecule has 0 fully saturated rings. The highest BCUT2D eigenvalue weighted by molar-refractivity contribution is 9.10. The Morgan fingerprint density at radius 3 is 3.07 bits per heavy atom. The predicted molar refractivity (Wildman–Crippen MR) is 64.3 cm³/mol. The van der Waals surface area contributed by atoms with Crippen molar-refractivity contribution in [1.82, 2.24) is 4.98 Å². The molecular formula is C10H14BrN3. The number of hydrogen-bond acceptors (Lipinski definition) is 3. The third kappa shape index (κ3) is 3.38. The Morgan fingerprint density at radius 1 is 1.64 bits per heavy atom. The first kappa shape index (κ1) is 11.0. The number of nitrogens with two attached hydrogens (primary N) is 1. The minimum absolute atomic E-state index is 0.665. The van der Waals surface area contributed by atoms with Crippen LogP contribution in [0.2, 0.25) is 0 Å². The minimum Gasteiger partial charge on any atom is -0.396 e. The molecule has 3 N–H and O–H groups in total. The van der Waals surface area contributed by atoms with Crippen LogP contribution in [0.1, 0.15) is 12.8 Å². The Bertz CT molecular complexity index is 312. The number of pyridine rings is 1. The van der Waals surface area contributed by atoms with Crippen LogP contribution in [-0.4, -0.2) is 11.5 Å². The van der Waals surface area contributed by atoms with Crippen molar-refractivity contribution in [1.29, 1.82) is 0 Å². The van der Waals surface area contributed by atoms with Gasteiger partial charge in [0, 0.05) is 17.2 Å². The quantitative estimate of drug-likeness (QED) is 0.629. The van der Waals surface area contributed by atoms with E-state index in [9.17, 15) is 0 Å². The van der Waals surface area contributed by atoms with E-state index in [2.05, 4.69) is 32.8 Å². The molecule has 0 radical (unpaired) electrons. The predicted octanol–water partition coefficient (Wildman–Crippen LogP) is 2.80. The maximum atomic E-state index is 5.76. The zero-order valence-corrected chi connectivity index (χ0v) is 9.55. The average molecular weight is 256 g/mol. The number of aromatic nitrogens is 1. The first-order valence-corrected chi connectivity index (χ1v) is 5.29. The van der Waals surface area contributed by atoms with Crippen molar-refractivity contribution >= 4 is 27.4 Å². The number of hydrogen-bond donors (Lipinski definition) is 2. The van der Waals surface area contributed by atoms with Gasteiger partial charge in [-0.15, -0.1) is 6.58 Å². The molecule has 0 spiro atoms. The fraction of sp³-hybridized carbons (Fsp3) is 0.300. The third-order valence-electron chi connectivity index (χ3n) is 1.76. The second kappa shape index (κ2) is 5.65. The summed E-state index contributed by atoms with van der Waals surface area (Å²) < 4.78 is 0.895. The summed E-state index contributed by atoms with van der Waals surface area (Å²) in [6, 6.07) is 1.84. The lowest BCUT2D eigenvalue weighted by Crippen LogP contribution is -2.05. The molecule has 0 saturated carbocycles. The van der Waals surface area contributed by atoms with E-state index in [1.165, 1.54) is 0 Å². The summed E-state index contributed by atoms with van der Waals surface area (Å²) in [5.41, 5.74) is 6.43. The summed E-state index contributed by atoms with van der Waals surface area (Å²) in [4.78, 5) is 4.17. The van der Waals surface area contributed by atoms with Crippen LogP contribution in [-0.2, 0) is 0 Å². The molecular weight excluding hydrogens is 242 g/mol. The molecule has 0 bridgehead atoms. The number of nitrogens with zero attached hydrogens (tertiary/aromatic N) is 1. The van der Waals surface area contributed by atoms with Crippen LogP contribution in [0.4, 0.5) is 11.5 Å². The van der Waals surface area contributed by atoms with Crippen molar-refractivity contribution in [2.24, 2.45) is 0 Å². The first-order chi connectivity index (χ1) is 6.74. The Balaban J connectivity index is 2.46. The zero-order chi connectivity index (χ0) is 10.4. The maximum Gasteiger partial charge on any atom is 0.149 e. The second-order valence-corrected chi connectivity index (χ2v) is 3.86. The summed E-state index contributed by atoms with van der Waals surface area (Å²) in [7, 11) is 0. The summed E-state index contributed by atoms with van der Waals surface area (Å²) in [6.45, 7) is 4.53. The monoisotopic (exact) mass is 255 g/mol. The van der Waals surface area contributed by atoms with Gasteiger partial charge in [0.1, 0.15) is 5.82 Å². The topological polar surface area (TPSA) is 50.9 Å². The van der Waals surface area contributed by atoms with Gasteiger partial charge >= 0.3 is 0 Å². The largest absolute Gasteiger partial charge is 0.396 e. The molecule has 0 unspecified atom stereocenters. The van der Waals surface area contributed by atoms with E-state index >= 15 is 0 Å². The fourth-order valence-corrected chi connectivity index (χ4v) is 1.40. The summed E-state index contributed by atoms with van der Waals surface area (Å²) >= 11 is 3.31. The van der Waals surface area contributed by atoms with Gasteiger partial charge in [-0.25, -0.2) is 4.98 Å². The van der Waals surface area contributed by atoms with Crippen LogP contribution in [0, 0.1) is 0 Å². The molecule has 0 atom stereocenters. The van der Waals surface area contributed by atoms with Crippen LogP contribution < -0.4 is 11.1 Å². The molecule has 1 aromatic heterocycles. The van der Waals surface area contributed by atoms with E-state index in [-0.39, 0.29) is 0 Å². The van der Waals surface area contributed by atoms with Crippen molar-refractivity contribution in [3.63, 3.8) is 0 Å². The van der Waals surface area contributed by atoms with E-state index in [4.69, 9.17) is 5.73 Å². The van der Waals surface area contributed by atoms with Crippen LogP contribution in [0.3, 0.4) is 0 Å². The maximum absolute atomic E-state index is 5.76. The normalized spacial score (nSPS) is 9.79. The molecule has 0 aliphatic rings. The molecule has 1 aromatic rings. The lowest BCUT2D eigenvalue weighted by molar-refractivity contribution is 0.886. The van der Waals surface area contributed by atoms with Crippen molar-refractivity contribution in [2.45, 2.75) is 12.8 Å². The molecule has 76 valence electrons. The van der Waals surface area contributed by atoms with Gasteiger partial charge in [0.25, 0.3) is 0 Å². The Hall–Kier alpha value is -1.03. The number of anilines is 2. The van der Waals surface area contributed by atoms with Crippen molar-refractivity contribution in [3.8, 4) is 0 Å². The molecule has 3 nitrogen and oxygen atoms in total. The Labute approximate surface area is 92.5 Å². The number of nitrogens with one attached hydrogen (secondary N) is 1. The van der Waals surface area contributed by atoms with Gasteiger partial charge in [0.05, 0.1) is 5.69 Å². The number of nitrogen functional groups attached to an aromatic ring is 1. The molecule has 1 heterocycles. The average Bonchev–Trinajstić information content (AvgIpc) is 2.15. The number of halogens is 1. The van der Waals surface area contributed by atoms with E-state index in [0.717, 1.165) is 29.7 Å². The molecule has 0 aromatic carbocycles. The smallest absolute Gasteiger partial charge is 0.149 e. The van der Waals surface area contributed by atoms with Crippen molar-refractivity contribution < 1.29 is 0 Å². The van der Waals surface area contributed by atoms with E-state index in [0.29, 0.717) is 5.69 Å². The van der Waals surface area contributed by atoms with Gasteiger partial charge in [-0.2, -0.15) is 0 Å². The van der Waals surface area contributed by atoms with Gasteiger partial charge in [0.15, 0.2) is 0 Å². The van der Waals surface area contributed by atoms with Crippen LogP contribution in [0.25, 0.3) is 0 Å². The number of rotatable bonds is 5. The Morgan fingerprint density at radius 2 is 2.43 bits per heavy atom. The molecule has 4 heteroatoms. The van der Waals surface area contributed by atoms with Crippen LogP contribution in [0.15, 0.2) is 29.4 Å². The highest BCUT2D eigenvalue weighted by atomic mass is 79.9. The van der Waals surface area contributed by atoms with Crippen LogP contribution in [0.5, 0.6) is 0 Å². The van der Waals surface area contributed by atoms with Crippen molar-refractivity contribution in [3.05, 3.63) is 29.4 Å². The lowest BCUT2D eigenvalue weighted by atomic mass is 10.3. The standard InChI is InChI=1S/C10H14BrN3/c1-2-3-4-5-13-10-9(12)6-8(11)7-14-10/h2,6-7H,1,3-5,12H2,(H,13,14). The summed E-state index contributed by atoms with van der Waals surface area (Å²) in [5, 5.41) is 3.17. The lowest BCUT2D eigenvalue weighted by Gasteiger charge is -2.07. The molecule has 0 saturated heterocycles. The third-order valence-corrected chi connectivity index (χ3v) is 2.19. The van der Waals surface area contributed by atoms with Gasteiger partial charge in [-0.1, -0.05) is 6.08 Å². The highest BCUT2D eigenvalue weighted by Crippen LogP contribution is 2.19. The number of unbranched alkanes of at least 4 members (excludes halogenated alkanes) is 1. The van der Waals surface area contributed by atoms with Gasteiger partial charge in [-0.05, 0) is 34.8 Å². The van der Waals surface area contributed by atoms with E-state index < -0.39 is 0 Å². The van der Waals surface area contributed by atoms with Crippen molar-refractivity contribution in [2.75, 3.05) is 17.6 Å². The van der Waals surface area contributed by atoms with Crippen LogP contribution >= 0.6 is 15.9 Å². The van der Waals surface area contributed by atoms with Gasteiger partial charge in [0.2, 0.25) is 0 Å². The van der Waals surface area contributed by atoms with E-state index in [1.807, 2.05) is 12.1 Å². The fourth-order valence-electron chi connectivity index (χ4n) is 1.06. The molecule has 1 rings (SSSR count). The zero-order valence-electron chi connectivity index (χ0n) is 7.96. The molecule has 0 amide bonds. The summed E-state index contributed by atoms with van der Waals surface area (Å²) in [6.07, 6.45) is 5.68. The minimum atomic E-state index is 0.665. The highest BCUT2D eigenvalue weighted by Gasteiger charge is 1.99. The first-order valence-electron chi connectivity index (χ1n) is 4.50. The molecule has 0 aliphatic carbocycles. The summed E-state index contributed by atoms with van der Waals surface area (Å²) in [5.74, 6) is 0.747. The SMILES string of the molecule is C=CCCCNc1ncc(Br)cc1N. The van der Waals surface area contributed by atoms with Gasteiger partial charge < -0.3 is 11.1 Å². The number of allylic oxidation sites excluding steroid dienone is 1. The molecule has 14 heavy (non-hydrogen) atoms. The molecule has 0 aliphatic heterocycles. The second-order valence-electron chi connectivity index (χ2n) is 2.95. The Kier molecular flexibility index (Phi) is 4.46.